The van der Waals surface area contributed by atoms with Crippen molar-refractivity contribution in [2.75, 3.05) is 13.7 Å². The van der Waals surface area contributed by atoms with Crippen LogP contribution in [-0.2, 0) is 9.47 Å². The molecule has 0 aromatic heterocycles. The van der Waals surface area contributed by atoms with E-state index in [1.807, 2.05) is 0 Å². The maximum atomic E-state index is 12.2. The van der Waals surface area contributed by atoms with Crippen LogP contribution in [0.2, 0.25) is 0 Å². The molecule has 3 nitrogen and oxygen atoms in total. The van der Waals surface area contributed by atoms with Gasteiger partial charge in [0.2, 0.25) is 0 Å². The topological polar surface area (TPSA) is 21.7 Å². The standard InChI is InChI=1S/C9H20.C8H15F3O.C8H18.C7H17N.C7H16O.C7H16.C6H14/c1-7(2)6-9(5)8(3)4;1-5(2)7(8(9,10)11)12-6(3)4;1-7(2)5-6-8(3)4;1-6(2)8(5)7(3)4;1-6(2)5-8-7(3)4;1-6(2)5-7(3)4;1-5(2)6(3)4/h7-9H,6H2,1-5H3;5-7H,1-4H3;7-8H,5-6H2,1-4H3;6-7H,1-5H3;6-7H,5H2,1-4H3;6-7H,5H2,1-4H3;5-6H,1-4H3. The van der Waals surface area contributed by atoms with Gasteiger partial charge in [0.25, 0.3) is 0 Å². The number of nitrogens with zero attached hydrogens (tertiary/aromatic N) is 1. The number of hydrogen-bond acceptors (Lipinski definition) is 3. The van der Waals surface area contributed by atoms with Crippen molar-refractivity contribution in [1.82, 2.24) is 4.90 Å². The summed E-state index contributed by atoms with van der Waals surface area (Å²) in [4.78, 5) is 2.33. The summed E-state index contributed by atoms with van der Waals surface area (Å²) < 4.78 is 46.7. The Bertz CT molecular complexity index is 715. The van der Waals surface area contributed by atoms with Gasteiger partial charge >= 0.3 is 6.18 Å². The van der Waals surface area contributed by atoms with E-state index in [2.05, 4.69) is 185 Å². The molecule has 0 aliphatic carbocycles. The van der Waals surface area contributed by atoms with Gasteiger partial charge in [-0.25, -0.2) is 0 Å². The average Bonchev–Trinajstić information content (AvgIpc) is 3.01. The molecule has 0 bridgehead atoms. The Morgan fingerprint density at radius 1 is 0.397 bits per heavy atom. The van der Waals surface area contributed by atoms with Gasteiger partial charge in [-0.3, -0.25) is 0 Å². The fraction of sp³-hybridized carbons (Fsp3) is 1.00. The van der Waals surface area contributed by atoms with Crippen molar-refractivity contribution in [3.8, 4) is 0 Å². The smallest absolute Gasteiger partial charge is 0.379 e. The lowest BCUT2D eigenvalue weighted by molar-refractivity contribution is -0.242. The molecule has 0 N–H and O–H groups in total. The van der Waals surface area contributed by atoms with Crippen LogP contribution in [0.15, 0.2) is 0 Å². The summed E-state index contributed by atoms with van der Waals surface area (Å²) in [5, 5.41) is 0. The van der Waals surface area contributed by atoms with Crippen molar-refractivity contribution in [3.63, 3.8) is 0 Å². The predicted molar refractivity (Wildman–Crippen MR) is 261 cm³/mol. The molecule has 58 heavy (non-hydrogen) atoms. The lowest BCUT2D eigenvalue weighted by Gasteiger charge is -2.25. The molecular weight excluding hydrogens is 728 g/mol. The van der Waals surface area contributed by atoms with Crippen molar-refractivity contribution >= 4 is 0 Å². The van der Waals surface area contributed by atoms with Gasteiger partial charge in [0.05, 0.1) is 12.2 Å². The molecular formula is C52H116F3NO2. The summed E-state index contributed by atoms with van der Waals surface area (Å²) >= 11 is 0. The normalized spacial score (nSPS) is 12.8. The highest BCUT2D eigenvalue weighted by Crippen LogP contribution is 2.29. The SMILES string of the molecule is CC(C)C(C)C.CC(C)CC(C)C.CC(C)CC(C)C(C)C.CC(C)CCC(C)C.CC(C)COC(C)C.CC(C)N(C)C(C)C.CC(C)OC(C(C)C)C(F)(F)F. The number of ether oxygens (including phenoxy) is 2. The van der Waals surface area contributed by atoms with Crippen molar-refractivity contribution in [2.45, 2.75) is 263 Å². The summed E-state index contributed by atoms with van der Waals surface area (Å²) in [6.07, 6.45) is -0.389. The Morgan fingerprint density at radius 2 is 0.724 bits per heavy atom. The molecule has 362 valence electrons. The molecule has 0 aromatic rings. The Kier molecular flexibility index (Phi) is 53.9. The molecule has 0 rings (SSSR count). The van der Waals surface area contributed by atoms with E-state index in [9.17, 15) is 13.2 Å². The van der Waals surface area contributed by atoms with Crippen molar-refractivity contribution in [3.05, 3.63) is 0 Å². The van der Waals surface area contributed by atoms with E-state index in [0.717, 1.165) is 59.9 Å². The van der Waals surface area contributed by atoms with Crippen molar-refractivity contribution in [2.24, 2.45) is 65.1 Å². The zero-order valence-corrected chi connectivity index (χ0v) is 45.7. The van der Waals surface area contributed by atoms with Gasteiger partial charge in [-0.05, 0) is 140 Å². The third-order valence-electron chi connectivity index (χ3n) is 9.32. The molecule has 0 radical (unpaired) electrons. The van der Waals surface area contributed by atoms with Crippen LogP contribution in [0, 0.1) is 65.1 Å². The summed E-state index contributed by atoms with van der Waals surface area (Å²) in [5.74, 6) is 7.97. The highest BCUT2D eigenvalue weighted by Gasteiger charge is 2.43. The predicted octanol–water partition coefficient (Wildman–Crippen LogP) is 18.2. The second-order valence-corrected chi connectivity index (χ2v) is 21.7. The molecule has 0 spiro atoms. The molecule has 0 saturated carbocycles. The first-order valence-corrected chi connectivity index (χ1v) is 23.9. The van der Waals surface area contributed by atoms with Crippen LogP contribution in [0.3, 0.4) is 0 Å². The number of halogens is 3. The first-order chi connectivity index (χ1) is 25.9. The first-order valence-electron chi connectivity index (χ1n) is 23.9. The molecule has 6 heteroatoms. The Hall–Kier alpha value is -0.330. The van der Waals surface area contributed by atoms with E-state index in [0.29, 0.717) is 24.1 Å². The Labute approximate surface area is 368 Å². The largest absolute Gasteiger partial charge is 0.414 e. The van der Waals surface area contributed by atoms with Crippen LogP contribution in [-0.4, -0.2) is 55.1 Å². The molecule has 0 aromatic carbocycles. The van der Waals surface area contributed by atoms with Gasteiger partial charge < -0.3 is 14.4 Å². The maximum absolute atomic E-state index is 12.2. The van der Waals surface area contributed by atoms with Crippen LogP contribution in [0.4, 0.5) is 13.2 Å². The van der Waals surface area contributed by atoms with E-state index in [1.54, 1.807) is 13.8 Å². The van der Waals surface area contributed by atoms with E-state index < -0.39 is 18.2 Å². The minimum Gasteiger partial charge on any atom is -0.379 e. The van der Waals surface area contributed by atoms with Gasteiger partial charge in [0.1, 0.15) is 0 Å². The van der Waals surface area contributed by atoms with E-state index in [4.69, 9.17) is 9.47 Å². The quantitative estimate of drug-likeness (QED) is 0.146. The summed E-state index contributed by atoms with van der Waals surface area (Å²) in [5.41, 5.74) is 0. The molecule has 0 fully saturated rings. The molecule has 2 atom stereocenters. The lowest BCUT2D eigenvalue weighted by atomic mass is 9.90. The van der Waals surface area contributed by atoms with Gasteiger partial charge in [0, 0.05) is 18.7 Å². The maximum Gasteiger partial charge on any atom is 0.414 e. The molecule has 0 aliphatic rings. The zero-order valence-electron chi connectivity index (χ0n) is 45.7. The van der Waals surface area contributed by atoms with Gasteiger partial charge in [-0.15, -0.1) is 0 Å². The Balaban J connectivity index is -0.000000106. The van der Waals surface area contributed by atoms with E-state index >= 15 is 0 Å². The summed E-state index contributed by atoms with van der Waals surface area (Å²) in [7, 11) is 2.15. The lowest BCUT2D eigenvalue weighted by Crippen LogP contribution is -2.38. The molecule has 0 heterocycles. The third-order valence-corrected chi connectivity index (χ3v) is 9.32. The Morgan fingerprint density at radius 3 is 0.793 bits per heavy atom. The summed E-state index contributed by atoms with van der Waals surface area (Å²) in [6.45, 7) is 63.0. The first kappa shape index (κ1) is 72.1. The minimum absolute atomic E-state index is 0.386. The monoisotopic (exact) mass is 844 g/mol. The van der Waals surface area contributed by atoms with Crippen LogP contribution >= 0.6 is 0 Å². The second kappa shape index (κ2) is 43.3. The van der Waals surface area contributed by atoms with Crippen LogP contribution < -0.4 is 0 Å². The molecule has 0 saturated heterocycles. The molecule has 0 aliphatic heterocycles. The van der Waals surface area contributed by atoms with Crippen LogP contribution in [0.5, 0.6) is 0 Å². The van der Waals surface area contributed by atoms with Crippen LogP contribution in [0.1, 0.15) is 226 Å². The summed E-state index contributed by atoms with van der Waals surface area (Å²) in [6, 6.07) is 1.35. The van der Waals surface area contributed by atoms with E-state index in [1.165, 1.54) is 39.5 Å². The molecule has 2 unspecified atom stereocenters. The fourth-order valence-electron chi connectivity index (χ4n) is 4.51. The zero-order chi connectivity index (χ0) is 48.3. The highest BCUT2D eigenvalue weighted by molar-refractivity contribution is 4.72. The van der Waals surface area contributed by atoms with Gasteiger partial charge in [-0.2, -0.15) is 13.2 Å². The number of alkyl halides is 3. The third kappa shape index (κ3) is 73.2. The highest BCUT2D eigenvalue weighted by atomic mass is 19.4. The van der Waals surface area contributed by atoms with E-state index in [-0.39, 0.29) is 6.10 Å². The second-order valence-electron chi connectivity index (χ2n) is 21.7. The van der Waals surface area contributed by atoms with Gasteiger partial charge in [0.15, 0.2) is 6.10 Å². The van der Waals surface area contributed by atoms with Gasteiger partial charge in [-0.1, -0.05) is 158 Å². The average molecular weight is 844 g/mol. The van der Waals surface area contributed by atoms with Crippen LogP contribution in [0.25, 0.3) is 0 Å². The van der Waals surface area contributed by atoms with Crippen molar-refractivity contribution in [1.29, 1.82) is 0 Å². The number of hydrogen-bond donors (Lipinski definition) is 0. The molecule has 0 amide bonds. The van der Waals surface area contributed by atoms with Crippen molar-refractivity contribution < 1.29 is 22.6 Å². The fourth-order valence-corrected chi connectivity index (χ4v) is 4.51. The minimum atomic E-state index is -4.25. The number of rotatable bonds is 17.